The molecule has 0 fully saturated rings. The van der Waals surface area contributed by atoms with Crippen LogP contribution in [0.3, 0.4) is 0 Å². The van der Waals surface area contributed by atoms with Crippen molar-refractivity contribution in [3.8, 4) is 0 Å². The molecule has 1 heterocycles. The Morgan fingerprint density at radius 2 is 2.11 bits per heavy atom. The van der Waals surface area contributed by atoms with Gasteiger partial charge in [0.05, 0.1) is 5.92 Å². The minimum Gasteiger partial charge on any atom is -0.481 e. The van der Waals surface area contributed by atoms with Gasteiger partial charge in [-0.3, -0.25) is 4.79 Å². The van der Waals surface area contributed by atoms with E-state index in [0.29, 0.717) is 6.54 Å². The Kier molecular flexibility index (Phi) is 6.35. The number of hydrogen-bond acceptors (Lipinski definition) is 3. The molecule has 0 radical (unpaired) electrons. The highest BCUT2D eigenvalue weighted by Gasteiger charge is 2.21. The van der Waals surface area contributed by atoms with Gasteiger partial charge in [0.25, 0.3) is 0 Å². The molecule has 0 bridgehead atoms. The third-order valence-corrected chi connectivity index (χ3v) is 3.78. The lowest BCUT2D eigenvalue weighted by atomic mass is 9.96. The molecular formula is C13H20N2O3S. The molecule has 6 heteroatoms. The topological polar surface area (TPSA) is 78.4 Å². The number of rotatable bonds is 7. The van der Waals surface area contributed by atoms with Crippen molar-refractivity contribution in [1.29, 1.82) is 0 Å². The molecule has 0 spiro atoms. The number of aliphatic carboxylic acids is 1. The second-order valence-corrected chi connectivity index (χ2v) is 5.69. The summed E-state index contributed by atoms with van der Waals surface area (Å²) in [6.45, 7) is 4.36. The molecule has 0 aromatic carbocycles. The summed E-state index contributed by atoms with van der Waals surface area (Å²) >= 11 is 1.65. The number of nitrogens with one attached hydrogen (secondary N) is 2. The quantitative estimate of drug-likeness (QED) is 0.716. The van der Waals surface area contributed by atoms with Crippen molar-refractivity contribution in [3.05, 3.63) is 22.4 Å². The SMILES string of the molecule is CC(C)C(CNC(=O)NCCc1cccs1)C(=O)O. The van der Waals surface area contributed by atoms with E-state index in [1.54, 1.807) is 11.3 Å². The summed E-state index contributed by atoms with van der Waals surface area (Å²) in [6, 6.07) is 3.67. The summed E-state index contributed by atoms with van der Waals surface area (Å²) in [6.07, 6.45) is 0.789. The molecule has 1 aromatic heterocycles. The lowest BCUT2D eigenvalue weighted by Crippen LogP contribution is -2.41. The van der Waals surface area contributed by atoms with Gasteiger partial charge in [0.1, 0.15) is 0 Å². The Bertz CT molecular complexity index is 404. The number of carboxylic acids is 1. The third kappa shape index (κ3) is 5.74. The molecule has 1 rings (SSSR count). The van der Waals surface area contributed by atoms with E-state index in [4.69, 9.17) is 5.11 Å². The first-order valence-electron chi connectivity index (χ1n) is 6.27. The van der Waals surface area contributed by atoms with E-state index in [1.165, 1.54) is 4.88 Å². The Labute approximate surface area is 117 Å². The standard InChI is InChI=1S/C13H20N2O3S/c1-9(2)11(12(16)17)8-15-13(18)14-6-5-10-4-3-7-19-10/h3-4,7,9,11H,5-6,8H2,1-2H3,(H,16,17)(H2,14,15,18). The molecule has 0 aliphatic carbocycles. The summed E-state index contributed by atoms with van der Waals surface area (Å²) in [5.74, 6) is -1.44. The number of hydrogen-bond donors (Lipinski definition) is 3. The first-order valence-corrected chi connectivity index (χ1v) is 7.15. The maximum Gasteiger partial charge on any atom is 0.314 e. The number of carboxylic acid groups (broad SMARTS) is 1. The van der Waals surface area contributed by atoms with E-state index in [2.05, 4.69) is 10.6 Å². The molecule has 1 aromatic rings. The van der Waals surface area contributed by atoms with E-state index in [0.717, 1.165) is 6.42 Å². The van der Waals surface area contributed by atoms with Gasteiger partial charge in [-0.2, -0.15) is 0 Å². The Morgan fingerprint density at radius 1 is 1.37 bits per heavy atom. The van der Waals surface area contributed by atoms with Crippen LogP contribution in [0.4, 0.5) is 4.79 Å². The van der Waals surface area contributed by atoms with Crippen LogP contribution >= 0.6 is 11.3 Å². The van der Waals surface area contributed by atoms with Gasteiger partial charge in [-0.1, -0.05) is 19.9 Å². The Morgan fingerprint density at radius 3 is 2.63 bits per heavy atom. The van der Waals surface area contributed by atoms with Gasteiger partial charge in [0, 0.05) is 18.0 Å². The van der Waals surface area contributed by atoms with E-state index in [1.807, 2.05) is 31.4 Å². The van der Waals surface area contributed by atoms with Crippen LogP contribution in [0.15, 0.2) is 17.5 Å². The molecule has 5 nitrogen and oxygen atoms in total. The van der Waals surface area contributed by atoms with Crippen molar-refractivity contribution in [2.75, 3.05) is 13.1 Å². The van der Waals surface area contributed by atoms with Crippen molar-refractivity contribution in [3.63, 3.8) is 0 Å². The predicted octanol–water partition coefficient (Wildman–Crippen LogP) is 1.95. The maximum absolute atomic E-state index is 11.5. The highest BCUT2D eigenvalue weighted by molar-refractivity contribution is 7.09. The number of urea groups is 1. The molecule has 1 unspecified atom stereocenters. The van der Waals surface area contributed by atoms with Gasteiger partial charge < -0.3 is 15.7 Å². The van der Waals surface area contributed by atoms with Crippen LogP contribution < -0.4 is 10.6 Å². The average Bonchev–Trinajstić information content (AvgIpc) is 2.81. The van der Waals surface area contributed by atoms with E-state index < -0.39 is 11.9 Å². The van der Waals surface area contributed by atoms with Gasteiger partial charge in [-0.25, -0.2) is 4.79 Å². The smallest absolute Gasteiger partial charge is 0.314 e. The lowest BCUT2D eigenvalue weighted by Gasteiger charge is -2.16. The second-order valence-electron chi connectivity index (χ2n) is 4.65. The third-order valence-electron chi connectivity index (χ3n) is 2.84. The Hall–Kier alpha value is -1.56. The first-order chi connectivity index (χ1) is 9.00. The largest absolute Gasteiger partial charge is 0.481 e. The number of carbonyl (C=O) groups excluding carboxylic acids is 1. The second kappa shape index (κ2) is 7.78. The molecular weight excluding hydrogens is 264 g/mol. The first kappa shape index (κ1) is 15.5. The van der Waals surface area contributed by atoms with E-state index in [9.17, 15) is 9.59 Å². The molecule has 3 N–H and O–H groups in total. The van der Waals surface area contributed by atoms with Crippen LogP contribution in [-0.2, 0) is 11.2 Å². The predicted molar refractivity (Wildman–Crippen MR) is 75.4 cm³/mol. The number of carbonyl (C=O) groups is 2. The van der Waals surface area contributed by atoms with E-state index in [-0.39, 0.29) is 18.5 Å². The molecule has 106 valence electrons. The van der Waals surface area contributed by atoms with Crippen LogP contribution in [0, 0.1) is 11.8 Å². The summed E-state index contributed by atoms with van der Waals surface area (Å²) in [7, 11) is 0. The van der Waals surface area contributed by atoms with Crippen molar-refractivity contribution in [1.82, 2.24) is 10.6 Å². The van der Waals surface area contributed by atoms with Gasteiger partial charge in [-0.05, 0) is 23.8 Å². The molecule has 0 aliphatic rings. The van der Waals surface area contributed by atoms with Crippen molar-refractivity contribution >= 4 is 23.3 Å². The van der Waals surface area contributed by atoms with Crippen LogP contribution in [0.5, 0.6) is 0 Å². The molecule has 19 heavy (non-hydrogen) atoms. The van der Waals surface area contributed by atoms with Gasteiger partial charge in [0.2, 0.25) is 0 Å². The number of amides is 2. The summed E-state index contributed by atoms with van der Waals surface area (Å²) in [5.41, 5.74) is 0. The zero-order valence-corrected chi connectivity index (χ0v) is 12.0. The molecule has 0 saturated heterocycles. The zero-order chi connectivity index (χ0) is 14.3. The molecule has 0 aliphatic heterocycles. The van der Waals surface area contributed by atoms with Crippen molar-refractivity contribution < 1.29 is 14.7 Å². The monoisotopic (exact) mass is 284 g/mol. The minimum absolute atomic E-state index is 0.0103. The molecule has 2 amide bonds. The average molecular weight is 284 g/mol. The molecule has 0 saturated carbocycles. The van der Waals surface area contributed by atoms with Crippen molar-refractivity contribution in [2.24, 2.45) is 11.8 Å². The minimum atomic E-state index is -0.881. The van der Waals surface area contributed by atoms with Gasteiger partial charge >= 0.3 is 12.0 Å². The summed E-state index contributed by atoms with van der Waals surface area (Å²) in [5, 5.41) is 16.3. The normalized spacial score (nSPS) is 12.2. The van der Waals surface area contributed by atoms with Crippen LogP contribution in [0.25, 0.3) is 0 Å². The lowest BCUT2D eigenvalue weighted by molar-refractivity contribution is -0.142. The zero-order valence-electron chi connectivity index (χ0n) is 11.2. The van der Waals surface area contributed by atoms with E-state index >= 15 is 0 Å². The van der Waals surface area contributed by atoms with Crippen molar-refractivity contribution in [2.45, 2.75) is 20.3 Å². The highest BCUT2D eigenvalue weighted by Crippen LogP contribution is 2.09. The van der Waals surface area contributed by atoms with Crippen LogP contribution in [0.2, 0.25) is 0 Å². The van der Waals surface area contributed by atoms with Crippen LogP contribution in [0.1, 0.15) is 18.7 Å². The van der Waals surface area contributed by atoms with Gasteiger partial charge in [0.15, 0.2) is 0 Å². The fourth-order valence-corrected chi connectivity index (χ4v) is 2.34. The Balaban J connectivity index is 2.22. The van der Waals surface area contributed by atoms with Crippen LogP contribution in [-0.4, -0.2) is 30.2 Å². The molecule has 1 atom stereocenters. The maximum atomic E-state index is 11.5. The summed E-state index contributed by atoms with van der Waals surface area (Å²) < 4.78 is 0. The number of thiophene rings is 1. The van der Waals surface area contributed by atoms with Gasteiger partial charge in [-0.15, -0.1) is 11.3 Å². The fraction of sp³-hybridized carbons (Fsp3) is 0.538. The fourth-order valence-electron chi connectivity index (χ4n) is 1.63. The summed E-state index contributed by atoms with van der Waals surface area (Å²) in [4.78, 5) is 23.7. The highest BCUT2D eigenvalue weighted by atomic mass is 32.1.